The van der Waals surface area contributed by atoms with Crippen molar-refractivity contribution in [1.29, 1.82) is 0 Å². The Morgan fingerprint density at radius 2 is 1.87 bits per heavy atom. The molecule has 0 N–H and O–H groups in total. The zero-order valence-corrected chi connectivity index (χ0v) is 16.9. The molecule has 0 bridgehead atoms. The van der Waals surface area contributed by atoms with E-state index in [-0.39, 0.29) is 5.91 Å². The number of fused-ring (bicyclic) bond motifs is 1. The van der Waals surface area contributed by atoms with Crippen LogP contribution in [0.2, 0.25) is 0 Å². The van der Waals surface area contributed by atoms with E-state index in [2.05, 4.69) is 9.97 Å². The number of hydrogen-bond donors (Lipinski definition) is 0. The van der Waals surface area contributed by atoms with Crippen LogP contribution in [0.25, 0.3) is 10.9 Å². The number of halogens is 3. The van der Waals surface area contributed by atoms with Gasteiger partial charge in [0.1, 0.15) is 17.3 Å². The quantitative estimate of drug-likeness (QED) is 0.629. The molecular formula is C22H21F3N4O2. The molecule has 31 heavy (non-hydrogen) atoms. The average molecular weight is 430 g/mol. The Kier molecular flexibility index (Phi) is 5.67. The normalized spacial score (nSPS) is 15.1. The van der Waals surface area contributed by atoms with Gasteiger partial charge in [0.05, 0.1) is 18.2 Å². The summed E-state index contributed by atoms with van der Waals surface area (Å²) < 4.78 is 43.5. The number of rotatable bonds is 3. The second-order valence-corrected chi connectivity index (χ2v) is 7.29. The molecule has 1 saturated heterocycles. The SMILES string of the molecule is COc1ccc2nc(C(=O)N3CCCN(c4ccc(C(F)(F)F)cn4)CC3)ccc2c1. The number of nitrogens with zero attached hydrogens (tertiary/aromatic N) is 4. The average Bonchev–Trinajstić information content (AvgIpc) is 3.03. The van der Waals surface area contributed by atoms with Gasteiger partial charge in [-0.1, -0.05) is 6.07 Å². The third-order valence-electron chi connectivity index (χ3n) is 5.30. The van der Waals surface area contributed by atoms with Gasteiger partial charge < -0.3 is 14.5 Å². The predicted molar refractivity (Wildman–Crippen MR) is 110 cm³/mol. The summed E-state index contributed by atoms with van der Waals surface area (Å²) >= 11 is 0. The fourth-order valence-electron chi connectivity index (χ4n) is 3.60. The molecule has 3 heterocycles. The lowest BCUT2D eigenvalue weighted by molar-refractivity contribution is -0.137. The van der Waals surface area contributed by atoms with Crippen LogP contribution >= 0.6 is 0 Å². The van der Waals surface area contributed by atoms with Crippen molar-refractivity contribution in [3.63, 3.8) is 0 Å². The molecule has 9 heteroatoms. The Morgan fingerprint density at radius 3 is 2.58 bits per heavy atom. The molecule has 0 spiro atoms. The van der Waals surface area contributed by atoms with E-state index in [4.69, 9.17) is 4.74 Å². The zero-order valence-electron chi connectivity index (χ0n) is 16.9. The summed E-state index contributed by atoms with van der Waals surface area (Å²) in [6.07, 6.45) is -2.89. The Balaban J connectivity index is 1.45. The lowest BCUT2D eigenvalue weighted by Crippen LogP contribution is -2.35. The van der Waals surface area contributed by atoms with E-state index < -0.39 is 11.7 Å². The maximum Gasteiger partial charge on any atom is 0.417 e. The van der Waals surface area contributed by atoms with Gasteiger partial charge in [-0.3, -0.25) is 4.79 Å². The van der Waals surface area contributed by atoms with Gasteiger partial charge in [0.25, 0.3) is 5.91 Å². The Morgan fingerprint density at radius 1 is 1.03 bits per heavy atom. The topological polar surface area (TPSA) is 58.6 Å². The molecule has 0 radical (unpaired) electrons. The highest BCUT2D eigenvalue weighted by molar-refractivity contribution is 5.95. The number of carbonyl (C=O) groups is 1. The zero-order chi connectivity index (χ0) is 22.0. The van der Waals surface area contributed by atoms with Crippen LogP contribution in [0.4, 0.5) is 19.0 Å². The van der Waals surface area contributed by atoms with Crippen LogP contribution < -0.4 is 9.64 Å². The highest BCUT2D eigenvalue weighted by Crippen LogP contribution is 2.29. The number of hydrogen-bond acceptors (Lipinski definition) is 5. The lowest BCUT2D eigenvalue weighted by Gasteiger charge is -2.23. The van der Waals surface area contributed by atoms with Crippen molar-refractivity contribution in [2.75, 3.05) is 38.2 Å². The van der Waals surface area contributed by atoms with Gasteiger partial charge in [-0.2, -0.15) is 13.2 Å². The van der Waals surface area contributed by atoms with Crippen LogP contribution in [0, 0.1) is 0 Å². The van der Waals surface area contributed by atoms with Gasteiger partial charge in [0.15, 0.2) is 0 Å². The van der Waals surface area contributed by atoms with Crippen molar-refractivity contribution in [3.8, 4) is 5.75 Å². The molecular weight excluding hydrogens is 409 g/mol. The summed E-state index contributed by atoms with van der Waals surface area (Å²) in [6, 6.07) is 11.4. The number of anilines is 1. The van der Waals surface area contributed by atoms with E-state index in [0.717, 1.165) is 23.4 Å². The second-order valence-electron chi connectivity index (χ2n) is 7.29. The Bertz CT molecular complexity index is 1090. The molecule has 2 aromatic heterocycles. The summed E-state index contributed by atoms with van der Waals surface area (Å²) in [4.78, 5) is 25.1. The van der Waals surface area contributed by atoms with Gasteiger partial charge in [-0.05, 0) is 42.8 Å². The second kappa shape index (κ2) is 8.41. The third kappa shape index (κ3) is 4.55. The standard InChI is InChI=1S/C22H21F3N4O2/c1-31-17-5-7-18-15(13-17)3-6-19(27-18)21(30)29-10-2-9-28(11-12-29)20-8-4-16(14-26-20)22(23,24)25/h3-8,13-14H,2,9-12H2,1H3. The molecule has 1 fully saturated rings. The molecule has 1 aliphatic rings. The molecule has 0 saturated carbocycles. The Labute approximate surface area is 177 Å². The van der Waals surface area contributed by atoms with Gasteiger partial charge in [0.2, 0.25) is 0 Å². The maximum absolute atomic E-state index is 13.0. The number of methoxy groups -OCH3 is 1. The van der Waals surface area contributed by atoms with Crippen molar-refractivity contribution >= 4 is 22.6 Å². The van der Waals surface area contributed by atoms with Crippen molar-refractivity contribution in [1.82, 2.24) is 14.9 Å². The number of pyridine rings is 2. The Hall–Kier alpha value is -3.36. The van der Waals surface area contributed by atoms with Crippen LogP contribution in [-0.2, 0) is 6.18 Å². The maximum atomic E-state index is 13.0. The highest BCUT2D eigenvalue weighted by atomic mass is 19.4. The van der Waals surface area contributed by atoms with Crippen LogP contribution in [0.5, 0.6) is 5.75 Å². The summed E-state index contributed by atoms with van der Waals surface area (Å²) in [5.41, 5.74) is 0.290. The number of ether oxygens (including phenoxy) is 1. The fourth-order valence-corrected chi connectivity index (χ4v) is 3.60. The number of alkyl halides is 3. The molecule has 0 atom stereocenters. The smallest absolute Gasteiger partial charge is 0.417 e. The number of carbonyl (C=O) groups excluding carboxylic acids is 1. The van der Waals surface area contributed by atoms with Crippen molar-refractivity contribution < 1.29 is 22.7 Å². The fraction of sp³-hybridized carbons (Fsp3) is 0.318. The van der Waals surface area contributed by atoms with Crippen molar-refractivity contribution in [2.24, 2.45) is 0 Å². The number of amides is 1. The third-order valence-corrected chi connectivity index (χ3v) is 5.30. The van der Waals surface area contributed by atoms with Crippen LogP contribution in [-0.4, -0.2) is 54.1 Å². The van der Waals surface area contributed by atoms with Crippen molar-refractivity contribution in [2.45, 2.75) is 12.6 Å². The van der Waals surface area contributed by atoms with E-state index >= 15 is 0 Å². The largest absolute Gasteiger partial charge is 0.497 e. The lowest BCUT2D eigenvalue weighted by atomic mass is 10.2. The monoisotopic (exact) mass is 430 g/mol. The molecule has 0 aliphatic carbocycles. The van der Waals surface area contributed by atoms with Gasteiger partial charge in [0, 0.05) is 37.8 Å². The van der Waals surface area contributed by atoms with Gasteiger partial charge in [-0.25, -0.2) is 9.97 Å². The van der Waals surface area contributed by atoms with E-state index in [1.165, 1.54) is 6.07 Å². The first-order valence-corrected chi connectivity index (χ1v) is 9.87. The van der Waals surface area contributed by atoms with Gasteiger partial charge in [-0.15, -0.1) is 0 Å². The minimum absolute atomic E-state index is 0.167. The van der Waals surface area contributed by atoms with E-state index in [0.29, 0.717) is 49.6 Å². The predicted octanol–water partition coefficient (Wildman–Crippen LogP) is 4.01. The van der Waals surface area contributed by atoms with E-state index in [9.17, 15) is 18.0 Å². The highest BCUT2D eigenvalue weighted by Gasteiger charge is 2.31. The minimum atomic E-state index is -4.41. The van der Waals surface area contributed by atoms with Crippen LogP contribution in [0.15, 0.2) is 48.7 Å². The molecule has 3 aromatic rings. The first-order valence-electron chi connectivity index (χ1n) is 9.87. The minimum Gasteiger partial charge on any atom is -0.497 e. The summed E-state index contributed by atoms with van der Waals surface area (Å²) in [5, 5.41) is 0.881. The summed E-state index contributed by atoms with van der Waals surface area (Å²) in [5.74, 6) is 1.03. The first kappa shape index (κ1) is 20.9. The molecule has 1 amide bonds. The summed E-state index contributed by atoms with van der Waals surface area (Å²) in [6.45, 7) is 2.06. The molecule has 0 unspecified atom stereocenters. The molecule has 162 valence electrons. The van der Waals surface area contributed by atoms with E-state index in [1.807, 2.05) is 23.1 Å². The number of benzene rings is 1. The molecule has 6 nitrogen and oxygen atoms in total. The van der Waals surface area contributed by atoms with Crippen LogP contribution in [0.1, 0.15) is 22.5 Å². The molecule has 1 aliphatic heterocycles. The molecule has 1 aromatic carbocycles. The van der Waals surface area contributed by atoms with Crippen LogP contribution in [0.3, 0.4) is 0 Å². The summed E-state index contributed by atoms with van der Waals surface area (Å²) in [7, 11) is 1.59. The van der Waals surface area contributed by atoms with Gasteiger partial charge >= 0.3 is 6.18 Å². The number of aromatic nitrogens is 2. The first-order chi connectivity index (χ1) is 14.8. The molecule has 4 rings (SSSR count). The van der Waals surface area contributed by atoms with Crippen molar-refractivity contribution in [3.05, 3.63) is 59.9 Å². The van der Waals surface area contributed by atoms with E-state index in [1.54, 1.807) is 24.1 Å².